The fourth-order valence-electron chi connectivity index (χ4n) is 3.05. The van der Waals surface area contributed by atoms with Gasteiger partial charge in [-0.05, 0) is 39.0 Å². The Labute approximate surface area is 163 Å². The van der Waals surface area contributed by atoms with Gasteiger partial charge in [0.15, 0.2) is 6.30 Å². The minimum atomic E-state index is -1.23. The van der Waals surface area contributed by atoms with E-state index < -0.39 is 11.2 Å². The van der Waals surface area contributed by atoms with Crippen LogP contribution in [0.4, 0.5) is 27.4 Å². The molecule has 1 unspecified atom stereocenters. The number of nitro groups is 1. The van der Waals surface area contributed by atoms with Crippen molar-refractivity contribution in [2.75, 3.05) is 30.0 Å². The molecule has 2 heterocycles. The summed E-state index contributed by atoms with van der Waals surface area (Å²) in [6.45, 7) is 6.92. The zero-order valence-electron chi connectivity index (χ0n) is 16.2. The Morgan fingerprint density at radius 1 is 1.29 bits per heavy atom. The Bertz CT molecular complexity index is 827. The molecule has 0 radical (unpaired) electrons. The lowest BCUT2D eigenvalue weighted by Gasteiger charge is -2.39. The monoisotopic (exact) mass is 388 g/mol. The first-order chi connectivity index (χ1) is 13.2. The maximum atomic E-state index is 14.0. The van der Waals surface area contributed by atoms with Crippen LogP contribution in [0.15, 0.2) is 42.5 Å². The number of halogens is 1. The number of rotatable bonds is 5. The average Bonchev–Trinajstić information content (AvgIpc) is 2.61. The van der Waals surface area contributed by atoms with Gasteiger partial charge < -0.3 is 5.32 Å². The molecule has 3 rings (SSSR count). The van der Waals surface area contributed by atoms with Crippen LogP contribution in [0.2, 0.25) is 0 Å². The molecule has 0 saturated carbocycles. The van der Waals surface area contributed by atoms with Crippen molar-refractivity contribution >= 4 is 23.0 Å². The average molecular weight is 388 g/mol. The summed E-state index contributed by atoms with van der Waals surface area (Å²) in [4.78, 5) is 15.8. The van der Waals surface area contributed by atoms with Gasteiger partial charge in [0.05, 0.1) is 17.2 Å². The Morgan fingerprint density at radius 2 is 2.00 bits per heavy atom. The second-order valence-corrected chi connectivity index (χ2v) is 7.65. The standard InChI is InChI=1S/C19H25FN6O2/c1-19(2,3)23-17-10-9-15(26(27)28)18(22-17)25(14-7-5-4-6-8-14)24-12-11-21-16(20)13-24/h4-10,16,21H,11-13H2,1-3H3,(H,22,23). The molecule has 150 valence electrons. The van der Waals surface area contributed by atoms with Crippen molar-refractivity contribution in [1.29, 1.82) is 0 Å². The maximum Gasteiger partial charge on any atom is 0.313 e. The third-order valence-corrected chi connectivity index (χ3v) is 4.15. The number of hydrazine groups is 1. The van der Waals surface area contributed by atoms with Crippen molar-refractivity contribution in [2.24, 2.45) is 0 Å². The lowest BCUT2D eigenvalue weighted by molar-refractivity contribution is -0.384. The highest BCUT2D eigenvalue weighted by Crippen LogP contribution is 2.35. The normalized spacial score (nSPS) is 17.9. The Kier molecular flexibility index (Phi) is 5.76. The zero-order valence-corrected chi connectivity index (χ0v) is 16.2. The van der Waals surface area contributed by atoms with E-state index in [9.17, 15) is 14.5 Å². The number of nitrogens with zero attached hydrogens (tertiary/aromatic N) is 4. The second-order valence-electron chi connectivity index (χ2n) is 7.65. The van der Waals surface area contributed by atoms with E-state index in [-0.39, 0.29) is 23.6 Å². The maximum absolute atomic E-state index is 14.0. The summed E-state index contributed by atoms with van der Waals surface area (Å²) in [5, 5.41) is 21.1. The fraction of sp³-hybridized carbons (Fsp3) is 0.421. The smallest absolute Gasteiger partial charge is 0.313 e. The van der Waals surface area contributed by atoms with Gasteiger partial charge in [0.25, 0.3) is 0 Å². The van der Waals surface area contributed by atoms with E-state index in [1.165, 1.54) is 6.07 Å². The highest BCUT2D eigenvalue weighted by molar-refractivity contribution is 5.69. The summed E-state index contributed by atoms with van der Waals surface area (Å²) in [6, 6.07) is 12.2. The predicted octanol–water partition coefficient (Wildman–Crippen LogP) is 3.45. The van der Waals surface area contributed by atoms with Gasteiger partial charge in [-0.15, -0.1) is 0 Å². The van der Waals surface area contributed by atoms with Gasteiger partial charge in [0, 0.05) is 24.7 Å². The molecular weight excluding hydrogens is 363 g/mol. The molecule has 0 aliphatic carbocycles. The molecule has 0 spiro atoms. The molecule has 1 saturated heterocycles. The number of pyridine rings is 1. The number of para-hydroxylation sites is 1. The predicted molar refractivity (Wildman–Crippen MR) is 107 cm³/mol. The number of alkyl halides is 1. The zero-order chi connectivity index (χ0) is 20.3. The Balaban J connectivity index is 2.12. The first-order valence-electron chi connectivity index (χ1n) is 9.16. The van der Waals surface area contributed by atoms with Gasteiger partial charge in [0.1, 0.15) is 5.82 Å². The van der Waals surface area contributed by atoms with E-state index in [1.807, 2.05) is 51.1 Å². The van der Waals surface area contributed by atoms with Crippen molar-refractivity contribution in [3.05, 3.63) is 52.6 Å². The van der Waals surface area contributed by atoms with E-state index in [0.717, 1.165) is 0 Å². The molecule has 1 aliphatic rings. The summed E-state index contributed by atoms with van der Waals surface area (Å²) < 4.78 is 14.0. The van der Waals surface area contributed by atoms with Crippen LogP contribution in [0, 0.1) is 10.1 Å². The number of anilines is 3. The first kappa shape index (κ1) is 20.0. The van der Waals surface area contributed by atoms with Gasteiger partial charge in [-0.3, -0.25) is 20.4 Å². The van der Waals surface area contributed by atoms with Crippen molar-refractivity contribution in [3.8, 4) is 0 Å². The molecular formula is C19H25FN6O2. The number of piperazine rings is 1. The molecule has 1 aliphatic heterocycles. The van der Waals surface area contributed by atoms with Gasteiger partial charge in [-0.2, -0.15) is 0 Å². The molecule has 1 aromatic heterocycles. The van der Waals surface area contributed by atoms with Crippen LogP contribution < -0.4 is 15.6 Å². The SMILES string of the molecule is CC(C)(C)Nc1ccc([N+](=O)[O-])c(N(c2ccccc2)N2CCNC(F)C2)n1. The topological polar surface area (TPSA) is 86.6 Å². The van der Waals surface area contributed by atoms with Crippen LogP contribution >= 0.6 is 0 Å². The molecule has 1 atom stereocenters. The lowest BCUT2D eigenvalue weighted by Crippen LogP contribution is -2.54. The van der Waals surface area contributed by atoms with Crippen LogP contribution in [0.5, 0.6) is 0 Å². The second kappa shape index (κ2) is 8.07. The summed E-state index contributed by atoms with van der Waals surface area (Å²) >= 11 is 0. The van der Waals surface area contributed by atoms with Crippen molar-refractivity contribution in [2.45, 2.75) is 32.6 Å². The quantitative estimate of drug-likeness (QED) is 0.461. The number of hydrogen-bond donors (Lipinski definition) is 2. The third-order valence-electron chi connectivity index (χ3n) is 4.15. The number of hydrogen-bond acceptors (Lipinski definition) is 7. The molecule has 1 fully saturated rings. The fourth-order valence-corrected chi connectivity index (χ4v) is 3.05. The van der Waals surface area contributed by atoms with E-state index in [0.29, 0.717) is 24.6 Å². The molecule has 8 nitrogen and oxygen atoms in total. The molecule has 2 aromatic rings. The van der Waals surface area contributed by atoms with E-state index in [1.54, 1.807) is 16.1 Å². The largest absolute Gasteiger partial charge is 0.365 e. The molecule has 1 aromatic carbocycles. The summed E-state index contributed by atoms with van der Waals surface area (Å²) in [7, 11) is 0. The number of benzene rings is 1. The lowest BCUT2D eigenvalue weighted by atomic mass is 10.1. The minimum absolute atomic E-state index is 0.0602. The van der Waals surface area contributed by atoms with Crippen molar-refractivity contribution in [3.63, 3.8) is 0 Å². The van der Waals surface area contributed by atoms with Crippen LogP contribution in [-0.2, 0) is 0 Å². The minimum Gasteiger partial charge on any atom is -0.365 e. The van der Waals surface area contributed by atoms with Crippen molar-refractivity contribution in [1.82, 2.24) is 15.3 Å². The summed E-state index contributed by atoms with van der Waals surface area (Å²) in [5.41, 5.74) is 0.272. The van der Waals surface area contributed by atoms with Gasteiger partial charge in [-0.1, -0.05) is 18.2 Å². The van der Waals surface area contributed by atoms with Crippen LogP contribution in [0.3, 0.4) is 0 Å². The van der Waals surface area contributed by atoms with Gasteiger partial charge >= 0.3 is 5.69 Å². The Morgan fingerprint density at radius 3 is 2.61 bits per heavy atom. The number of aromatic nitrogens is 1. The summed E-state index contributed by atoms with van der Waals surface area (Å²) in [6.07, 6.45) is -1.23. The van der Waals surface area contributed by atoms with E-state index in [2.05, 4.69) is 15.6 Å². The van der Waals surface area contributed by atoms with Crippen molar-refractivity contribution < 1.29 is 9.31 Å². The van der Waals surface area contributed by atoms with Crippen LogP contribution in [0.1, 0.15) is 20.8 Å². The first-order valence-corrected chi connectivity index (χ1v) is 9.16. The molecule has 0 bridgehead atoms. The van der Waals surface area contributed by atoms with E-state index >= 15 is 0 Å². The van der Waals surface area contributed by atoms with Crippen LogP contribution in [0.25, 0.3) is 0 Å². The molecule has 28 heavy (non-hydrogen) atoms. The highest BCUT2D eigenvalue weighted by Gasteiger charge is 2.31. The van der Waals surface area contributed by atoms with Gasteiger partial charge in [0.2, 0.25) is 5.82 Å². The number of nitrogens with one attached hydrogen (secondary N) is 2. The third kappa shape index (κ3) is 4.73. The summed E-state index contributed by atoms with van der Waals surface area (Å²) in [5.74, 6) is 0.667. The molecule has 0 amide bonds. The van der Waals surface area contributed by atoms with Crippen LogP contribution in [-0.4, -0.2) is 46.4 Å². The van der Waals surface area contributed by atoms with Gasteiger partial charge in [-0.25, -0.2) is 14.4 Å². The van der Waals surface area contributed by atoms with E-state index in [4.69, 9.17) is 0 Å². The molecule has 2 N–H and O–H groups in total. The molecule has 9 heteroatoms. The Hall–Kier alpha value is -2.78. The highest BCUT2D eigenvalue weighted by atomic mass is 19.1.